The number of hydrogen-bond acceptors (Lipinski definition) is 5. The van der Waals surface area contributed by atoms with Gasteiger partial charge in [0.2, 0.25) is 5.91 Å². The molecule has 6 nitrogen and oxygen atoms in total. The summed E-state index contributed by atoms with van der Waals surface area (Å²) in [6, 6.07) is 0. The Bertz CT molecular complexity index is 501. The summed E-state index contributed by atoms with van der Waals surface area (Å²) in [5, 5.41) is 14.6. The van der Waals surface area contributed by atoms with Crippen LogP contribution in [0.25, 0.3) is 0 Å². The molecule has 0 bridgehead atoms. The van der Waals surface area contributed by atoms with E-state index in [0.717, 1.165) is 25.7 Å². The van der Waals surface area contributed by atoms with Gasteiger partial charge in [-0.25, -0.2) is 0 Å². The second kappa shape index (κ2) is 8.13. The van der Waals surface area contributed by atoms with Crippen LogP contribution in [0.3, 0.4) is 0 Å². The van der Waals surface area contributed by atoms with Crippen molar-refractivity contribution in [3.05, 3.63) is 0 Å². The first-order valence-corrected chi connectivity index (χ1v) is 10.3. The van der Waals surface area contributed by atoms with Crippen LogP contribution in [0.15, 0.2) is 0 Å². The van der Waals surface area contributed by atoms with Crippen molar-refractivity contribution in [2.75, 3.05) is 13.2 Å². The molecule has 2 N–H and O–H groups in total. The highest BCUT2D eigenvalue weighted by molar-refractivity contribution is 5.75. The van der Waals surface area contributed by atoms with E-state index in [-0.39, 0.29) is 29.8 Å². The molecule has 26 heavy (non-hydrogen) atoms. The molecule has 2 aliphatic heterocycles. The number of hydrogen-bond donors (Lipinski definition) is 2. The van der Waals surface area contributed by atoms with Crippen molar-refractivity contribution in [1.82, 2.24) is 5.32 Å². The van der Waals surface area contributed by atoms with E-state index in [2.05, 4.69) is 26.1 Å². The largest absolute Gasteiger partial charge is 0.384 e. The Kier molecular flexibility index (Phi) is 6.27. The van der Waals surface area contributed by atoms with Gasteiger partial charge in [0.1, 0.15) is 5.60 Å². The Morgan fingerprint density at radius 3 is 2.62 bits per heavy atom. The Morgan fingerprint density at radius 2 is 1.88 bits per heavy atom. The Morgan fingerprint density at radius 1 is 1.15 bits per heavy atom. The third-order valence-corrected chi connectivity index (χ3v) is 6.77. The van der Waals surface area contributed by atoms with Crippen molar-refractivity contribution < 1.29 is 24.1 Å². The lowest BCUT2D eigenvalue weighted by Crippen LogP contribution is -2.66. The summed E-state index contributed by atoms with van der Waals surface area (Å²) in [4.78, 5) is 11.4. The molecule has 0 radical (unpaired) electrons. The van der Waals surface area contributed by atoms with Gasteiger partial charge in [0.25, 0.3) is 0 Å². The lowest BCUT2D eigenvalue weighted by molar-refractivity contribution is -0.381. The molecule has 2 heterocycles. The highest BCUT2D eigenvalue weighted by Gasteiger charge is 2.62. The topological polar surface area (TPSA) is 77.0 Å². The van der Waals surface area contributed by atoms with Gasteiger partial charge in [0.05, 0.1) is 12.7 Å². The van der Waals surface area contributed by atoms with E-state index in [0.29, 0.717) is 25.5 Å². The molecule has 150 valence electrons. The van der Waals surface area contributed by atoms with Crippen LogP contribution >= 0.6 is 0 Å². The van der Waals surface area contributed by atoms with E-state index in [1.165, 1.54) is 0 Å². The molecule has 0 aromatic carbocycles. The maximum Gasteiger partial charge on any atom is 0.219 e. The van der Waals surface area contributed by atoms with E-state index in [1.807, 2.05) is 6.92 Å². The summed E-state index contributed by atoms with van der Waals surface area (Å²) in [7, 11) is 0. The highest BCUT2D eigenvalue weighted by atomic mass is 16.8. The fourth-order valence-electron chi connectivity index (χ4n) is 5.22. The Labute approximate surface area is 157 Å². The van der Waals surface area contributed by atoms with Gasteiger partial charge in [-0.3, -0.25) is 4.79 Å². The number of aliphatic hydroxyl groups is 1. The van der Waals surface area contributed by atoms with E-state index in [4.69, 9.17) is 14.2 Å². The molecule has 1 aliphatic carbocycles. The zero-order valence-electron chi connectivity index (χ0n) is 16.6. The van der Waals surface area contributed by atoms with Gasteiger partial charge >= 0.3 is 0 Å². The number of carbonyl (C=O) groups excluding carboxylic acids is 1. The Hall–Kier alpha value is -0.690. The first kappa shape index (κ1) is 20.1. The van der Waals surface area contributed by atoms with E-state index in [9.17, 15) is 9.90 Å². The molecule has 1 amide bonds. The number of rotatable bonds is 5. The smallest absolute Gasteiger partial charge is 0.219 e. The summed E-state index contributed by atoms with van der Waals surface area (Å²) in [6.45, 7) is 9.10. The predicted molar refractivity (Wildman–Crippen MR) is 97.2 cm³/mol. The lowest BCUT2D eigenvalue weighted by Gasteiger charge is -2.57. The van der Waals surface area contributed by atoms with Crippen LogP contribution in [0.4, 0.5) is 0 Å². The average Bonchev–Trinajstić information content (AvgIpc) is 2.73. The summed E-state index contributed by atoms with van der Waals surface area (Å²) >= 11 is 0. The molecule has 1 saturated carbocycles. The van der Waals surface area contributed by atoms with Gasteiger partial charge in [-0.15, -0.1) is 0 Å². The van der Waals surface area contributed by atoms with E-state index < -0.39 is 18.2 Å². The third kappa shape index (κ3) is 3.66. The first-order chi connectivity index (χ1) is 12.4. The molecule has 3 fully saturated rings. The second-order valence-electron chi connectivity index (χ2n) is 8.45. The summed E-state index contributed by atoms with van der Waals surface area (Å²) in [6.07, 6.45) is 3.52. The SMILES string of the molecule is CCC(=O)NCCOC1O[C@@H]2O[C@@H](C)CCC3[C@H](C)CCC([C@H]1C)[C@]32O. The van der Waals surface area contributed by atoms with E-state index >= 15 is 0 Å². The molecule has 0 spiro atoms. The van der Waals surface area contributed by atoms with Crippen LogP contribution in [0.1, 0.15) is 59.8 Å². The number of amides is 1. The van der Waals surface area contributed by atoms with Crippen LogP contribution in [-0.4, -0.2) is 48.5 Å². The molecule has 0 aromatic heterocycles. The normalized spacial score (nSPS) is 45.5. The third-order valence-electron chi connectivity index (χ3n) is 6.77. The summed E-state index contributed by atoms with van der Waals surface area (Å²) < 4.78 is 18.2. The minimum Gasteiger partial charge on any atom is -0.384 e. The van der Waals surface area contributed by atoms with Crippen LogP contribution in [-0.2, 0) is 19.0 Å². The van der Waals surface area contributed by atoms with Crippen LogP contribution in [0.2, 0.25) is 0 Å². The molecule has 3 aliphatic rings. The predicted octanol–water partition coefficient (Wildman–Crippen LogP) is 2.44. The van der Waals surface area contributed by atoms with Crippen LogP contribution < -0.4 is 5.32 Å². The standard InChI is InChI=1S/C20H35NO5/c1-5-17(22)21-10-11-24-18-14(4)16-8-6-12(2)15-9-7-13(3)25-19(26-18)20(15,16)23/h12-16,18-19,23H,5-11H2,1-4H3,(H,21,22)/t12-,13+,14-,15?,16?,18?,19+,20-/m1/s1. The molecular formula is C20H35NO5. The van der Waals surface area contributed by atoms with Gasteiger partial charge in [-0.1, -0.05) is 20.8 Å². The molecule has 2 saturated heterocycles. The van der Waals surface area contributed by atoms with Gasteiger partial charge in [0.15, 0.2) is 12.6 Å². The maximum absolute atomic E-state index is 11.7. The number of nitrogens with one attached hydrogen (secondary N) is 1. The molecule has 8 atom stereocenters. The minimum absolute atomic E-state index is 0.0191. The molecule has 6 heteroatoms. The fraction of sp³-hybridized carbons (Fsp3) is 0.950. The zero-order valence-corrected chi connectivity index (χ0v) is 16.6. The lowest BCUT2D eigenvalue weighted by atomic mass is 9.58. The molecular weight excluding hydrogens is 334 g/mol. The van der Waals surface area contributed by atoms with Gasteiger partial charge < -0.3 is 24.6 Å². The van der Waals surface area contributed by atoms with Gasteiger partial charge in [-0.2, -0.15) is 0 Å². The van der Waals surface area contributed by atoms with Crippen molar-refractivity contribution >= 4 is 5.91 Å². The minimum atomic E-state index is -0.932. The molecule has 3 rings (SSSR count). The maximum atomic E-state index is 11.7. The second-order valence-corrected chi connectivity index (χ2v) is 8.45. The van der Waals surface area contributed by atoms with E-state index in [1.54, 1.807) is 0 Å². The van der Waals surface area contributed by atoms with Gasteiger partial charge in [-0.05, 0) is 44.4 Å². The molecule has 3 unspecified atom stereocenters. The fourth-order valence-corrected chi connectivity index (χ4v) is 5.22. The number of ether oxygens (including phenoxy) is 3. The van der Waals surface area contributed by atoms with Crippen molar-refractivity contribution in [3.63, 3.8) is 0 Å². The Balaban J connectivity index is 1.70. The van der Waals surface area contributed by atoms with Gasteiger partial charge in [0, 0.05) is 24.8 Å². The van der Waals surface area contributed by atoms with Crippen molar-refractivity contribution in [2.45, 2.75) is 84.1 Å². The van der Waals surface area contributed by atoms with Crippen LogP contribution in [0, 0.1) is 23.7 Å². The monoisotopic (exact) mass is 369 g/mol. The van der Waals surface area contributed by atoms with Crippen molar-refractivity contribution in [2.24, 2.45) is 23.7 Å². The van der Waals surface area contributed by atoms with Crippen molar-refractivity contribution in [1.29, 1.82) is 0 Å². The molecule has 0 aromatic rings. The number of carbonyl (C=O) groups is 1. The summed E-state index contributed by atoms with van der Waals surface area (Å²) in [5.74, 6) is 0.910. The quantitative estimate of drug-likeness (QED) is 0.728. The summed E-state index contributed by atoms with van der Waals surface area (Å²) in [5.41, 5.74) is -0.932. The highest BCUT2D eigenvalue weighted by Crippen LogP contribution is 2.54. The average molecular weight is 370 g/mol. The first-order valence-electron chi connectivity index (χ1n) is 10.3. The van der Waals surface area contributed by atoms with Crippen molar-refractivity contribution in [3.8, 4) is 0 Å². The zero-order chi connectivity index (χ0) is 18.9. The van der Waals surface area contributed by atoms with Crippen LogP contribution in [0.5, 0.6) is 0 Å².